The third-order valence-corrected chi connectivity index (χ3v) is 4.84. The molecule has 0 aliphatic carbocycles. The van der Waals surface area contributed by atoms with Crippen LogP contribution in [0.4, 0.5) is 0 Å². The predicted octanol–water partition coefficient (Wildman–Crippen LogP) is 2.64. The van der Waals surface area contributed by atoms with Crippen molar-refractivity contribution in [2.75, 3.05) is 25.4 Å². The van der Waals surface area contributed by atoms with Gasteiger partial charge in [0.2, 0.25) is 0 Å². The Morgan fingerprint density at radius 2 is 2.24 bits per heavy atom. The van der Waals surface area contributed by atoms with Crippen molar-refractivity contribution in [1.29, 1.82) is 0 Å². The molecule has 3 rings (SSSR count). The van der Waals surface area contributed by atoms with Crippen LogP contribution in [0.5, 0.6) is 0 Å². The van der Waals surface area contributed by atoms with Gasteiger partial charge in [0.25, 0.3) is 0 Å². The summed E-state index contributed by atoms with van der Waals surface area (Å²) in [6, 6.07) is 8.79. The zero-order valence-corrected chi connectivity index (χ0v) is 10.8. The zero-order chi connectivity index (χ0) is 11.5. The van der Waals surface area contributed by atoms with E-state index in [1.165, 1.54) is 29.1 Å². The highest BCUT2D eigenvalue weighted by molar-refractivity contribution is 7.99. The number of ether oxygens (including phenoxy) is 1. The molecule has 2 unspecified atom stereocenters. The topological polar surface area (TPSA) is 21.3 Å². The van der Waals surface area contributed by atoms with Crippen molar-refractivity contribution in [2.24, 2.45) is 0 Å². The zero-order valence-electron chi connectivity index (χ0n) is 10.0. The van der Waals surface area contributed by atoms with E-state index >= 15 is 0 Å². The second-order valence-corrected chi connectivity index (χ2v) is 5.90. The van der Waals surface area contributed by atoms with E-state index in [9.17, 15) is 0 Å². The van der Waals surface area contributed by atoms with Crippen LogP contribution in [0, 0.1) is 0 Å². The predicted molar refractivity (Wildman–Crippen MR) is 71.8 cm³/mol. The van der Waals surface area contributed by atoms with Crippen LogP contribution in [-0.4, -0.2) is 31.6 Å². The first-order valence-corrected chi connectivity index (χ1v) is 7.46. The van der Waals surface area contributed by atoms with E-state index in [-0.39, 0.29) is 0 Å². The molecule has 92 valence electrons. The number of fused-ring (bicyclic) bond motifs is 1. The molecule has 1 N–H and O–H groups in total. The van der Waals surface area contributed by atoms with Crippen molar-refractivity contribution in [3.8, 4) is 0 Å². The molecule has 0 radical (unpaired) electrons. The van der Waals surface area contributed by atoms with Gasteiger partial charge in [0.15, 0.2) is 0 Å². The van der Waals surface area contributed by atoms with Crippen molar-refractivity contribution in [3.63, 3.8) is 0 Å². The fourth-order valence-corrected chi connectivity index (χ4v) is 3.88. The van der Waals surface area contributed by atoms with Crippen LogP contribution in [0.2, 0.25) is 0 Å². The molecule has 3 heteroatoms. The SMILES string of the molecule is c1ccc2c(c1)SCC2CNCC1CCCO1. The first kappa shape index (κ1) is 11.6. The van der Waals surface area contributed by atoms with Crippen molar-refractivity contribution in [2.45, 2.75) is 29.8 Å². The van der Waals surface area contributed by atoms with Gasteiger partial charge in [-0.1, -0.05) is 18.2 Å². The van der Waals surface area contributed by atoms with Gasteiger partial charge in [0.05, 0.1) is 6.10 Å². The molecular formula is C14H19NOS. The smallest absolute Gasteiger partial charge is 0.0700 e. The summed E-state index contributed by atoms with van der Waals surface area (Å²) in [7, 11) is 0. The number of benzene rings is 1. The molecule has 1 saturated heterocycles. The van der Waals surface area contributed by atoms with Crippen LogP contribution in [-0.2, 0) is 4.74 Å². The summed E-state index contributed by atoms with van der Waals surface area (Å²) in [6.45, 7) is 3.06. The van der Waals surface area contributed by atoms with Gasteiger partial charge in [0.1, 0.15) is 0 Å². The third kappa shape index (κ3) is 2.67. The van der Waals surface area contributed by atoms with Gasteiger partial charge in [-0.3, -0.25) is 0 Å². The van der Waals surface area contributed by atoms with Gasteiger partial charge < -0.3 is 10.1 Å². The quantitative estimate of drug-likeness (QED) is 0.886. The molecule has 0 spiro atoms. The van der Waals surface area contributed by atoms with E-state index in [0.717, 1.165) is 19.7 Å². The van der Waals surface area contributed by atoms with E-state index in [1.54, 1.807) is 0 Å². The largest absolute Gasteiger partial charge is 0.377 e. The maximum atomic E-state index is 5.62. The summed E-state index contributed by atoms with van der Waals surface area (Å²) in [5.41, 5.74) is 1.53. The molecule has 2 atom stereocenters. The van der Waals surface area contributed by atoms with Crippen LogP contribution in [0.15, 0.2) is 29.2 Å². The maximum Gasteiger partial charge on any atom is 0.0700 e. The van der Waals surface area contributed by atoms with Crippen LogP contribution >= 0.6 is 11.8 Å². The average Bonchev–Trinajstić information content (AvgIpc) is 2.99. The molecule has 0 amide bonds. The average molecular weight is 249 g/mol. The molecule has 0 saturated carbocycles. The van der Waals surface area contributed by atoms with E-state index in [2.05, 4.69) is 29.6 Å². The van der Waals surface area contributed by atoms with Crippen LogP contribution in [0.1, 0.15) is 24.3 Å². The Kier molecular flexibility index (Phi) is 3.69. The van der Waals surface area contributed by atoms with Crippen LogP contribution in [0.25, 0.3) is 0 Å². The highest BCUT2D eigenvalue weighted by Gasteiger charge is 2.23. The van der Waals surface area contributed by atoms with Gasteiger partial charge in [-0.05, 0) is 24.5 Å². The monoisotopic (exact) mass is 249 g/mol. The summed E-state index contributed by atoms with van der Waals surface area (Å²) in [6.07, 6.45) is 2.91. The Labute approximate surface area is 107 Å². The molecule has 2 aliphatic heterocycles. The first-order valence-electron chi connectivity index (χ1n) is 6.47. The molecule has 2 nitrogen and oxygen atoms in total. The minimum atomic E-state index is 0.458. The second-order valence-electron chi connectivity index (χ2n) is 4.84. The van der Waals surface area contributed by atoms with E-state index in [4.69, 9.17) is 4.74 Å². The molecule has 1 aromatic rings. The number of thioether (sulfide) groups is 1. The molecule has 2 aliphatic rings. The van der Waals surface area contributed by atoms with E-state index < -0.39 is 0 Å². The van der Waals surface area contributed by atoms with Crippen molar-refractivity contribution in [3.05, 3.63) is 29.8 Å². The van der Waals surface area contributed by atoms with Crippen LogP contribution < -0.4 is 5.32 Å². The minimum absolute atomic E-state index is 0.458. The molecule has 2 heterocycles. The standard InChI is InChI=1S/C14H19NOS/c1-2-6-14-13(5-1)11(10-17-14)8-15-9-12-4-3-7-16-12/h1-2,5-6,11-12,15H,3-4,7-10H2. The lowest BCUT2D eigenvalue weighted by molar-refractivity contribution is 0.110. The summed E-state index contributed by atoms with van der Waals surface area (Å²) in [4.78, 5) is 1.47. The summed E-state index contributed by atoms with van der Waals surface area (Å²) < 4.78 is 5.62. The molecular weight excluding hydrogens is 230 g/mol. The Morgan fingerprint density at radius 1 is 1.29 bits per heavy atom. The van der Waals surface area contributed by atoms with Crippen molar-refractivity contribution in [1.82, 2.24) is 5.32 Å². The molecule has 0 aromatic heterocycles. The van der Waals surface area contributed by atoms with E-state index in [0.29, 0.717) is 12.0 Å². The highest BCUT2D eigenvalue weighted by atomic mass is 32.2. The first-order chi connectivity index (χ1) is 8.43. The second kappa shape index (κ2) is 5.42. The molecule has 17 heavy (non-hydrogen) atoms. The molecule has 1 fully saturated rings. The number of hydrogen-bond acceptors (Lipinski definition) is 3. The molecule has 1 aromatic carbocycles. The van der Waals surface area contributed by atoms with E-state index in [1.807, 2.05) is 11.8 Å². The van der Waals surface area contributed by atoms with Crippen LogP contribution in [0.3, 0.4) is 0 Å². The van der Waals surface area contributed by atoms with Gasteiger partial charge in [-0.15, -0.1) is 11.8 Å². The summed E-state index contributed by atoms with van der Waals surface area (Å²) >= 11 is 1.99. The Balaban J connectivity index is 1.50. The minimum Gasteiger partial charge on any atom is -0.377 e. The summed E-state index contributed by atoms with van der Waals surface area (Å²) in [5, 5.41) is 3.57. The number of hydrogen-bond donors (Lipinski definition) is 1. The Bertz CT molecular complexity index is 376. The summed E-state index contributed by atoms with van der Waals surface area (Å²) in [5.74, 6) is 1.90. The Hall–Kier alpha value is -0.510. The fourth-order valence-electron chi connectivity index (χ4n) is 2.62. The number of rotatable bonds is 4. The normalized spacial score (nSPS) is 27.3. The van der Waals surface area contributed by atoms with Crippen molar-refractivity contribution < 1.29 is 4.74 Å². The number of nitrogens with one attached hydrogen (secondary N) is 1. The molecule has 0 bridgehead atoms. The lowest BCUT2D eigenvalue weighted by Gasteiger charge is -2.14. The van der Waals surface area contributed by atoms with Gasteiger partial charge in [-0.25, -0.2) is 0 Å². The fraction of sp³-hybridized carbons (Fsp3) is 0.571. The highest BCUT2D eigenvalue weighted by Crippen LogP contribution is 2.38. The van der Waals surface area contributed by atoms with Gasteiger partial charge in [0, 0.05) is 36.3 Å². The third-order valence-electron chi connectivity index (χ3n) is 3.59. The van der Waals surface area contributed by atoms with Gasteiger partial charge in [-0.2, -0.15) is 0 Å². The lowest BCUT2D eigenvalue weighted by Crippen LogP contribution is -2.30. The van der Waals surface area contributed by atoms with Gasteiger partial charge >= 0.3 is 0 Å². The lowest BCUT2D eigenvalue weighted by atomic mass is 10.0. The van der Waals surface area contributed by atoms with Crippen molar-refractivity contribution >= 4 is 11.8 Å². The Morgan fingerprint density at radius 3 is 3.12 bits per heavy atom. The maximum absolute atomic E-state index is 5.62.